The van der Waals surface area contributed by atoms with Crippen LogP contribution < -0.4 is 4.72 Å². The Morgan fingerprint density at radius 1 is 1.56 bits per heavy atom. The second-order valence-corrected chi connectivity index (χ2v) is 5.57. The van der Waals surface area contributed by atoms with E-state index in [-0.39, 0.29) is 18.6 Å². The molecule has 0 fully saturated rings. The Bertz CT molecular complexity index is 495. The molecule has 2 N–H and O–H groups in total. The molecule has 0 amide bonds. The highest BCUT2D eigenvalue weighted by atomic mass is 32.2. The summed E-state index contributed by atoms with van der Waals surface area (Å²) in [7, 11) is -2.20. The molecule has 0 spiro atoms. The molecule has 0 saturated carbocycles. The van der Waals surface area contributed by atoms with Crippen molar-refractivity contribution < 1.29 is 17.9 Å². The van der Waals surface area contributed by atoms with Gasteiger partial charge in [0.25, 0.3) is 0 Å². The molecule has 18 heavy (non-hydrogen) atoms. The van der Waals surface area contributed by atoms with E-state index in [1.165, 1.54) is 7.11 Å². The number of aromatic nitrogens is 2. The molecule has 0 bridgehead atoms. The van der Waals surface area contributed by atoms with Crippen molar-refractivity contribution in [3.05, 3.63) is 11.8 Å². The Balaban J connectivity index is 2.52. The van der Waals surface area contributed by atoms with Gasteiger partial charge in [0.05, 0.1) is 19.1 Å². The van der Waals surface area contributed by atoms with E-state index in [9.17, 15) is 13.2 Å². The number of methoxy groups -OCH3 is 1. The van der Waals surface area contributed by atoms with Crippen LogP contribution in [0.5, 0.6) is 0 Å². The van der Waals surface area contributed by atoms with Crippen molar-refractivity contribution in [1.29, 1.82) is 0 Å². The number of hydrogen-bond acceptors (Lipinski definition) is 5. The average molecular weight is 275 g/mol. The number of anilines is 1. The number of carbonyl (C=O) groups is 1. The molecule has 7 nitrogen and oxygen atoms in total. The van der Waals surface area contributed by atoms with Crippen LogP contribution in [0.15, 0.2) is 6.20 Å². The molecule has 0 unspecified atom stereocenters. The van der Waals surface area contributed by atoms with Crippen molar-refractivity contribution in [1.82, 2.24) is 10.2 Å². The largest absolute Gasteiger partial charge is 0.469 e. The number of rotatable bonds is 7. The summed E-state index contributed by atoms with van der Waals surface area (Å²) < 4.78 is 30.3. The first-order valence-electron chi connectivity index (χ1n) is 5.58. The summed E-state index contributed by atoms with van der Waals surface area (Å²) in [6.45, 7) is 1.90. The van der Waals surface area contributed by atoms with Gasteiger partial charge in [-0.1, -0.05) is 6.92 Å². The van der Waals surface area contributed by atoms with Gasteiger partial charge in [0, 0.05) is 12.0 Å². The lowest BCUT2D eigenvalue weighted by molar-refractivity contribution is -0.140. The molecule has 102 valence electrons. The van der Waals surface area contributed by atoms with E-state index < -0.39 is 16.0 Å². The average Bonchev–Trinajstić information content (AvgIpc) is 2.74. The molecular weight excluding hydrogens is 258 g/mol. The van der Waals surface area contributed by atoms with Crippen LogP contribution in [0.4, 0.5) is 5.82 Å². The van der Waals surface area contributed by atoms with Gasteiger partial charge in [-0.25, -0.2) is 8.42 Å². The third kappa shape index (κ3) is 4.36. The Morgan fingerprint density at radius 3 is 2.89 bits per heavy atom. The first kappa shape index (κ1) is 14.5. The summed E-state index contributed by atoms with van der Waals surface area (Å²) in [6.07, 6.45) is 2.56. The second-order valence-electron chi connectivity index (χ2n) is 3.72. The van der Waals surface area contributed by atoms with Crippen molar-refractivity contribution in [2.24, 2.45) is 0 Å². The Kier molecular flexibility index (Phi) is 5.14. The van der Waals surface area contributed by atoms with E-state index in [0.29, 0.717) is 12.2 Å². The summed E-state index contributed by atoms with van der Waals surface area (Å²) in [5, 5.41) is 6.36. The standard InChI is InChI=1S/C10H17N3O4S/c1-3-8-7-11-12-10(8)13-18(15,16)6-4-5-9(14)17-2/h7H,3-6H2,1-2H3,(H2,11,12,13). The maximum absolute atomic E-state index is 11.7. The maximum atomic E-state index is 11.7. The van der Waals surface area contributed by atoms with Crippen molar-refractivity contribution in [2.75, 3.05) is 17.6 Å². The molecule has 0 aliphatic carbocycles. The highest BCUT2D eigenvalue weighted by molar-refractivity contribution is 7.92. The molecule has 1 aromatic rings. The fraction of sp³-hybridized carbons (Fsp3) is 0.600. The minimum absolute atomic E-state index is 0.0843. The minimum Gasteiger partial charge on any atom is -0.469 e. The van der Waals surface area contributed by atoms with Gasteiger partial charge in [-0.15, -0.1) is 0 Å². The summed E-state index contributed by atoms with van der Waals surface area (Å²) in [4.78, 5) is 10.9. The van der Waals surface area contributed by atoms with E-state index >= 15 is 0 Å². The van der Waals surface area contributed by atoms with Gasteiger partial charge in [0.2, 0.25) is 10.0 Å². The quantitative estimate of drug-likeness (QED) is 0.712. The third-order valence-corrected chi connectivity index (χ3v) is 3.72. The van der Waals surface area contributed by atoms with E-state index in [2.05, 4.69) is 19.7 Å². The van der Waals surface area contributed by atoms with Gasteiger partial charge in [-0.3, -0.25) is 14.6 Å². The van der Waals surface area contributed by atoms with E-state index in [1.54, 1.807) is 6.20 Å². The number of sulfonamides is 1. The molecular formula is C10H17N3O4S. The van der Waals surface area contributed by atoms with Crippen molar-refractivity contribution in [3.8, 4) is 0 Å². The zero-order valence-corrected chi connectivity index (χ0v) is 11.2. The van der Waals surface area contributed by atoms with Gasteiger partial charge in [0.1, 0.15) is 5.82 Å². The SMILES string of the molecule is CCc1cn[nH]c1NS(=O)(=O)CCCC(=O)OC. The summed E-state index contributed by atoms with van der Waals surface area (Å²) in [5.74, 6) is -0.166. The van der Waals surface area contributed by atoms with E-state index in [1.807, 2.05) is 6.92 Å². The van der Waals surface area contributed by atoms with Gasteiger partial charge in [-0.2, -0.15) is 5.10 Å². The number of nitrogens with zero attached hydrogens (tertiary/aromatic N) is 1. The fourth-order valence-electron chi connectivity index (χ4n) is 1.38. The summed E-state index contributed by atoms with van der Waals surface area (Å²) >= 11 is 0. The zero-order valence-electron chi connectivity index (χ0n) is 10.4. The molecule has 0 atom stereocenters. The lowest BCUT2D eigenvalue weighted by atomic mass is 10.3. The minimum atomic E-state index is -3.47. The first-order chi connectivity index (χ1) is 8.48. The lowest BCUT2D eigenvalue weighted by Crippen LogP contribution is -2.18. The maximum Gasteiger partial charge on any atom is 0.305 e. The van der Waals surface area contributed by atoms with Crippen LogP contribution in [0, 0.1) is 0 Å². The number of carbonyl (C=O) groups excluding carboxylic acids is 1. The number of ether oxygens (including phenoxy) is 1. The predicted octanol–water partition coefficient (Wildman–Crippen LogP) is 0.667. The lowest BCUT2D eigenvalue weighted by Gasteiger charge is -2.07. The van der Waals surface area contributed by atoms with Gasteiger partial charge in [-0.05, 0) is 12.8 Å². The highest BCUT2D eigenvalue weighted by Gasteiger charge is 2.14. The van der Waals surface area contributed by atoms with Gasteiger partial charge >= 0.3 is 5.97 Å². The van der Waals surface area contributed by atoms with Crippen LogP contribution >= 0.6 is 0 Å². The monoisotopic (exact) mass is 275 g/mol. The normalized spacial score (nSPS) is 11.2. The molecule has 0 saturated heterocycles. The molecule has 8 heteroatoms. The topological polar surface area (TPSA) is 101 Å². The second kappa shape index (κ2) is 6.39. The van der Waals surface area contributed by atoms with Crippen molar-refractivity contribution in [3.63, 3.8) is 0 Å². The van der Waals surface area contributed by atoms with Crippen LogP contribution in [0.3, 0.4) is 0 Å². The van der Waals surface area contributed by atoms with Crippen molar-refractivity contribution in [2.45, 2.75) is 26.2 Å². The van der Waals surface area contributed by atoms with Gasteiger partial charge < -0.3 is 4.74 Å². The smallest absolute Gasteiger partial charge is 0.305 e. The molecule has 1 rings (SSSR count). The predicted molar refractivity (Wildman–Crippen MR) is 66.6 cm³/mol. The van der Waals surface area contributed by atoms with Crippen LogP contribution in [-0.2, 0) is 26.0 Å². The zero-order chi connectivity index (χ0) is 13.6. The van der Waals surface area contributed by atoms with E-state index in [0.717, 1.165) is 5.56 Å². The number of aromatic amines is 1. The number of nitrogens with one attached hydrogen (secondary N) is 2. The highest BCUT2D eigenvalue weighted by Crippen LogP contribution is 2.13. The Labute approximate surface area is 106 Å². The summed E-state index contributed by atoms with van der Waals surface area (Å²) in [6, 6.07) is 0. The molecule has 0 radical (unpaired) electrons. The fourth-order valence-corrected chi connectivity index (χ4v) is 2.50. The van der Waals surface area contributed by atoms with Crippen molar-refractivity contribution >= 4 is 21.8 Å². The molecule has 0 aliphatic heterocycles. The first-order valence-corrected chi connectivity index (χ1v) is 7.23. The Morgan fingerprint density at radius 2 is 2.28 bits per heavy atom. The third-order valence-electron chi connectivity index (χ3n) is 2.38. The molecule has 0 aromatic carbocycles. The number of H-pyrrole nitrogens is 1. The molecule has 1 heterocycles. The number of aryl methyl sites for hydroxylation is 1. The number of esters is 1. The van der Waals surface area contributed by atoms with E-state index in [4.69, 9.17) is 0 Å². The van der Waals surface area contributed by atoms with Crippen LogP contribution in [0.25, 0.3) is 0 Å². The molecule has 1 aromatic heterocycles. The van der Waals surface area contributed by atoms with Crippen LogP contribution in [-0.4, -0.2) is 37.4 Å². The van der Waals surface area contributed by atoms with Gasteiger partial charge in [0.15, 0.2) is 0 Å². The van der Waals surface area contributed by atoms with Crippen LogP contribution in [0.2, 0.25) is 0 Å². The van der Waals surface area contributed by atoms with Crippen LogP contribution in [0.1, 0.15) is 25.3 Å². The molecule has 0 aliphatic rings. The number of hydrogen-bond donors (Lipinski definition) is 2. The Hall–Kier alpha value is -1.57. The summed E-state index contributed by atoms with van der Waals surface area (Å²) in [5.41, 5.74) is 0.798.